The lowest BCUT2D eigenvalue weighted by Gasteiger charge is -2.31. The fourth-order valence-electron chi connectivity index (χ4n) is 3.29. The summed E-state index contributed by atoms with van der Waals surface area (Å²) in [7, 11) is -3.71. The number of hydrogen-bond acceptors (Lipinski definition) is 3. The van der Waals surface area contributed by atoms with Gasteiger partial charge in [0, 0.05) is 6.54 Å². The van der Waals surface area contributed by atoms with Crippen molar-refractivity contribution in [3.63, 3.8) is 0 Å². The van der Waals surface area contributed by atoms with Gasteiger partial charge in [-0.25, -0.2) is 12.8 Å². The van der Waals surface area contributed by atoms with Crippen molar-refractivity contribution in [3.05, 3.63) is 65.5 Å². The summed E-state index contributed by atoms with van der Waals surface area (Å²) in [5.74, 6) is -0.629. The Morgan fingerprint density at radius 3 is 2.54 bits per heavy atom. The molecule has 0 saturated carbocycles. The lowest BCUT2D eigenvalue weighted by Crippen LogP contribution is -3.15. The number of nitrogens with zero attached hydrogens (tertiary/aromatic N) is 1. The first kappa shape index (κ1) is 20.4. The van der Waals surface area contributed by atoms with Crippen LogP contribution in [0.2, 0.25) is 0 Å². The third kappa shape index (κ3) is 4.95. The van der Waals surface area contributed by atoms with Crippen molar-refractivity contribution in [2.45, 2.75) is 18.4 Å². The lowest BCUT2D eigenvalue weighted by molar-refractivity contribution is -0.895. The highest BCUT2D eigenvalue weighted by molar-refractivity contribution is 7.89. The van der Waals surface area contributed by atoms with Crippen LogP contribution in [-0.4, -0.2) is 51.4 Å². The predicted octanol–water partition coefficient (Wildman–Crippen LogP) is 0.340. The smallest absolute Gasteiger partial charge is 0.275 e. The Balaban J connectivity index is 1.50. The molecule has 2 aromatic carbocycles. The van der Waals surface area contributed by atoms with Crippen molar-refractivity contribution < 1.29 is 22.5 Å². The molecule has 28 heavy (non-hydrogen) atoms. The van der Waals surface area contributed by atoms with Gasteiger partial charge in [0.1, 0.15) is 5.82 Å². The molecule has 0 aromatic heterocycles. The van der Waals surface area contributed by atoms with E-state index in [1.807, 2.05) is 31.2 Å². The standard InChI is InChI=1S/C20H24FN3O3S/c1-16-5-2-3-6-17(16)14-22-20(25)15-23-9-11-24(12-10-23)28(26,27)19-8-4-7-18(21)13-19/h2-8,13H,9-12,14-15H2,1H3,(H,22,25)/p+1. The van der Waals surface area contributed by atoms with Crippen LogP contribution in [0.5, 0.6) is 0 Å². The maximum Gasteiger partial charge on any atom is 0.275 e. The van der Waals surface area contributed by atoms with Crippen LogP contribution >= 0.6 is 0 Å². The average Bonchev–Trinajstić information content (AvgIpc) is 2.68. The number of carbonyl (C=O) groups is 1. The van der Waals surface area contributed by atoms with Crippen LogP contribution in [0.3, 0.4) is 0 Å². The molecule has 1 saturated heterocycles. The van der Waals surface area contributed by atoms with Gasteiger partial charge in [-0.05, 0) is 36.2 Å². The highest BCUT2D eigenvalue weighted by Crippen LogP contribution is 2.16. The van der Waals surface area contributed by atoms with Crippen molar-refractivity contribution in [2.24, 2.45) is 0 Å². The van der Waals surface area contributed by atoms with Gasteiger partial charge in [-0.15, -0.1) is 0 Å². The van der Waals surface area contributed by atoms with Crippen LogP contribution in [0.25, 0.3) is 0 Å². The molecule has 0 unspecified atom stereocenters. The molecule has 1 fully saturated rings. The number of carbonyl (C=O) groups excluding carboxylic acids is 1. The minimum atomic E-state index is -3.71. The lowest BCUT2D eigenvalue weighted by atomic mass is 10.1. The number of amides is 1. The molecular formula is C20H25FN3O3S+. The number of hydrogen-bond donors (Lipinski definition) is 2. The van der Waals surface area contributed by atoms with E-state index < -0.39 is 15.8 Å². The molecule has 6 nitrogen and oxygen atoms in total. The number of rotatable bonds is 6. The molecule has 0 spiro atoms. The summed E-state index contributed by atoms with van der Waals surface area (Å²) in [6.45, 7) is 4.47. The molecule has 1 amide bonds. The number of piperazine rings is 1. The number of sulfonamides is 1. The van der Waals surface area contributed by atoms with E-state index in [1.165, 1.54) is 22.5 Å². The molecule has 0 atom stereocenters. The Hall–Kier alpha value is -2.29. The molecular weight excluding hydrogens is 381 g/mol. The molecule has 2 aromatic rings. The van der Waals surface area contributed by atoms with Crippen LogP contribution in [0.15, 0.2) is 53.4 Å². The largest absolute Gasteiger partial charge is 0.347 e. The zero-order valence-corrected chi connectivity index (χ0v) is 16.6. The second-order valence-electron chi connectivity index (χ2n) is 6.99. The van der Waals surface area contributed by atoms with E-state index >= 15 is 0 Å². The second kappa shape index (κ2) is 8.81. The fourth-order valence-corrected chi connectivity index (χ4v) is 4.76. The van der Waals surface area contributed by atoms with Gasteiger partial charge in [0.15, 0.2) is 6.54 Å². The molecule has 1 aliphatic heterocycles. The maximum absolute atomic E-state index is 13.4. The number of benzene rings is 2. The molecule has 2 N–H and O–H groups in total. The van der Waals surface area contributed by atoms with Crippen LogP contribution in [0.4, 0.5) is 4.39 Å². The predicted molar refractivity (Wildman–Crippen MR) is 104 cm³/mol. The topological polar surface area (TPSA) is 70.9 Å². The Morgan fingerprint density at radius 1 is 1.14 bits per heavy atom. The number of quaternary nitrogens is 1. The summed E-state index contributed by atoms with van der Waals surface area (Å²) in [4.78, 5) is 13.2. The van der Waals surface area contributed by atoms with Crippen molar-refractivity contribution in [3.8, 4) is 0 Å². The second-order valence-corrected chi connectivity index (χ2v) is 8.93. The van der Waals surface area contributed by atoms with Gasteiger partial charge in [-0.2, -0.15) is 4.31 Å². The summed E-state index contributed by atoms with van der Waals surface area (Å²) in [5.41, 5.74) is 2.21. The van der Waals surface area contributed by atoms with Crippen LogP contribution < -0.4 is 10.2 Å². The van der Waals surface area contributed by atoms with E-state index in [2.05, 4.69) is 5.32 Å². The van der Waals surface area contributed by atoms with Gasteiger partial charge < -0.3 is 10.2 Å². The summed E-state index contributed by atoms with van der Waals surface area (Å²) >= 11 is 0. The zero-order chi connectivity index (χ0) is 20.1. The monoisotopic (exact) mass is 406 g/mol. The maximum atomic E-state index is 13.4. The van der Waals surface area contributed by atoms with Crippen molar-refractivity contribution in [1.29, 1.82) is 0 Å². The Kier molecular flexibility index (Phi) is 6.43. The van der Waals surface area contributed by atoms with Crippen molar-refractivity contribution >= 4 is 15.9 Å². The molecule has 3 rings (SSSR count). The molecule has 150 valence electrons. The first-order valence-electron chi connectivity index (χ1n) is 9.27. The minimum absolute atomic E-state index is 0.0353. The molecule has 1 heterocycles. The van der Waals surface area contributed by atoms with Gasteiger partial charge >= 0.3 is 0 Å². The van der Waals surface area contributed by atoms with E-state index in [4.69, 9.17) is 0 Å². The molecule has 0 bridgehead atoms. The summed E-state index contributed by atoms with van der Waals surface area (Å²) in [6, 6.07) is 12.9. The van der Waals surface area contributed by atoms with E-state index in [0.29, 0.717) is 39.3 Å². The fraction of sp³-hybridized carbons (Fsp3) is 0.350. The Bertz CT molecular complexity index is 941. The SMILES string of the molecule is Cc1ccccc1CNC(=O)C[NH+]1CCN(S(=O)(=O)c2cccc(F)c2)CC1. The highest BCUT2D eigenvalue weighted by atomic mass is 32.2. The first-order chi connectivity index (χ1) is 13.4. The molecule has 0 radical (unpaired) electrons. The highest BCUT2D eigenvalue weighted by Gasteiger charge is 2.31. The van der Waals surface area contributed by atoms with Gasteiger partial charge in [-0.1, -0.05) is 30.3 Å². The third-order valence-corrected chi connectivity index (χ3v) is 6.91. The van der Waals surface area contributed by atoms with E-state index in [1.54, 1.807) is 0 Å². The molecule has 1 aliphatic rings. The van der Waals surface area contributed by atoms with E-state index in [9.17, 15) is 17.6 Å². The quantitative estimate of drug-likeness (QED) is 0.727. The number of nitrogens with one attached hydrogen (secondary N) is 2. The van der Waals surface area contributed by atoms with Gasteiger partial charge in [0.25, 0.3) is 5.91 Å². The first-order valence-corrected chi connectivity index (χ1v) is 10.7. The number of aryl methyl sites for hydroxylation is 1. The zero-order valence-electron chi connectivity index (χ0n) is 15.8. The minimum Gasteiger partial charge on any atom is -0.347 e. The normalized spacial score (nSPS) is 16.1. The Morgan fingerprint density at radius 2 is 1.86 bits per heavy atom. The van der Waals surface area contributed by atoms with Crippen molar-refractivity contribution in [2.75, 3.05) is 32.7 Å². The summed E-state index contributed by atoms with van der Waals surface area (Å²) < 4.78 is 40.0. The van der Waals surface area contributed by atoms with Gasteiger partial charge in [-0.3, -0.25) is 4.79 Å². The number of halogens is 1. The van der Waals surface area contributed by atoms with E-state index in [0.717, 1.165) is 22.1 Å². The molecule has 0 aliphatic carbocycles. The van der Waals surface area contributed by atoms with Crippen LogP contribution in [0, 0.1) is 12.7 Å². The van der Waals surface area contributed by atoms with Crippen LogP contribution in [0.1, 0.15) is 11.1 Å². The summed E-state index contributed by atoms with van der Waals surface area (Å²) in [6.07, 6.45) is 0. The van der Waals surface area contributed by atoms with Gasteiger partial charge in [0.05, 0.1) is 31.1 Å². The van der Waals surface area contributed by atoms with Gasteiger partial charge in [0.2, 0.25) is 10.0 Å². The average molecular weight is 407 g/mol. The molecule has 8 heteroatoms. The third-order valence-electron chi connectivity index (χ3n) is 5.01. The Labute approximate surface area is 165 Å². The van der Waals surface area contributed by atoms with E-state index in [-0.39, 0.29) is 10.8 Å². The summed E-state index contributed by atoms with van der Waals surface area (Å²) in [5, 5.41) is 2.93. The van der Waals surface area contributed by atoms with Crippen molar-refractivity contribution in [1.82, 2.24) is 9.62 Å². The van der Waals surface area contributed by atoms with Crippen LogP contribution in [-0.2, 0) is 21.4 Å².